The molecule has 1 aliphatic rings. The summed E-state index contributed by atoms with van der Waals surface area (Å²) in [5.74, 6) is -2.47. The summed E-state index contributed by atoms with van der Waals surface area (Å²) in [6.07, 6.45) is 4.07. The number of rotatable bonds is 2. The minimum absolute atomic E-state index is 0.158. The van der Waals surface area contributed by atoms with Crippen molar-refractivity contribution in [1.82, 2.24) is 4.90 Å². The second-order valence-electron chi connectivity index (χ2n) is 4.46. The van der Waals surface area contributed by atoms with Crippen LogP contribution in [0.5, 0.6) is 0 Å². The van der Waals surface area contributed by atoms with E-state index in [1.54, 1.807) is 7.05 Å². The van der Waals surface area contributed by atoms with E-state index in [4.69, 9.17) is 0 Å². The molecule has 2 rings (SSSR count). The summed E-state index contributed by atoms with van der Waals surface area (Å²) >= 11 is 0. The Kier molecular flexibility index (Phi) is 3.41. The van der Waals surface area contributed by atoms with E-state index in [0.717, 1.165) is 31.7 Å². The van der Waals surface area contributed by atoms with Crippen molar-refractivity contribution in [2.45, 2.75) is 31.7 Å². The van der Waals surface area contributed by atoms with E-state index >= 15 is 0 Å². The van der Waals surface area contributed by atoms with Gasteiger partial charge in [0, 0.05) is 13.1 Å². The molecule has 0 radical (unpaired) electrons. The van der Waals surface area contributed by atoms with Crippen molar-refractivity contribution >= 4 is 5.91 Å². The molecular weight excluding hydrogens is 224 g/mol. The third kappa shape index (κ3) is 2.30. The molecule has 1 amide bonds. The normalized spacial score (nSPS) is 16.2. The average molecular weight is 239 g/mol. The predicted octanol–water partition coefficient (Wildman–Crippen LogP) is 2.98. The maximum absolute atomic E-state index is 13.5. The molecule has 0 spiro atoms. The van der Waals surface area contributed by atoms with Crippen molar-refractivity contribution in [2.75, 3.05) is 7.05 Å². The van der Waals surface area contributed by atoms with Crippen LogP contribution in [0.4, 0.5) is 8.78 Å². The minimum atomic E-state index is -1.05. The van der Waals surface area contributed by atoms with E-state index in [1.807, 2.05) is 0 Å². The Labute approximate surface area is 99.2 Å². The lowest BCUT2D eigenvalue weighted by Gasteiger charge is -2.24. The zero-order valence-electron chi connectivity index (χ0n) is 9.75. The van der Waals surface area contributed by atoms with Gasteiger partial charge in [-0.2, -0.15) is 0 Å². The molecule has 1 aliphatic carbocycles. The third-order valence-electron chi connectivity index (χ3n) is 3.37. The van der Waals surface area contributed by atoms with Crippen LogP contribution in [0.25, 0.3) is 0 Å². The van der Waals surface area contributed by atoms with Gasteiger partial charge in [-0.1, -0.05) is 18.9 Å². The third-order valence-corrected chi connectivity index (χ3v) is 3.37. The Morgan fingerprint density at radius 1 is 1.29 bits per heavy atom. The number of hydrogen-bond donors (Lipinski definition) is 0. The summed E-state index contributed by atoms with van der Waals surface area (Å²) in [6, 6.07) is 3.85. The largest absolute Gasteiger partial charge is 0.339 e. The van der Waals surface area contributed by atoms with E-state index in [2.05, 4.69) is 0 Å². The number of halogens is 2. The molecule has 0 unspecified atom stereocenters. The summed E-state index contributed by atoms with van der Waals surface area (Å²) < 4.78 is 26.5. The zero-order chi connectivity index (χ0) is 12.4. The minimum Gasteiger partial charge on any atom is -0.339 e. The number of amides is 1. The second-order valence-corrected chi connectivity index (χ2v) is 4.46. The number of benzene rings is 1. The van der Waals surface area contributed by atoms with Crippen LogP contribution in [-0.4, -0.2) is 23.9 Å². The lowest BCUT2D eigenvalue weighted by atomic mass is 10.1. The molecule has 0 atom stereocenters. The van der Waals surface area contributed by atoms with Crippen LogP contribution in [0.1, 0.15) is 36.0 Å². The van der Waals surface area contributed by atoms with E-state index < -0.39 is 17.5 Å². The Morgan fingerprint density at radius 3 is 2.59 bits per heavy atom. The Morgan fingerprint density at radius 2 is 1.94 bits per heavy atom. The van der Waals surface area contributed by atoms with Gasteiger partial charge in [-0.3, -0.25) is 4.79 Å². The first kappa shape index (κ1) is 12.0. The maximum Gasteiger partial charge on any atom is 0.256 e. The van der Waals surface area contributed by atoms with Crippen LogP contribution in [-0.2, 0) is 0 Å². The maximum atomic E-state index is 13.5. The molecule has 0 saturated heterocycles. The van der Waals surface area contributed by atoms with E-state index in [-0.39, 0.29) is 11.6 Å². The first-order valence-corrected chi connectivity index (χ1v) is 5.82. The molecule has 4 heteroatoms. The molecule has 0 heterocycles. The van der Waals surface area contributed by atoms with Gasteiger partial charge in [0.2, 0.25) is 0 Å². The predicted molar refractivity (Wildman–Crippen MR) is 60.7 cm³/mol. The fourth-order valence-corrected chi connectivity index (χ4v) is 2.32. The molecule has 0 aliphatic heterocycles. The summed E-state index contributed by atoms with van der Waals surface area (Å²) in [7, 11) is 1.66. The lowest BCUT2D eigenvalue weighted by molar-refractivity contribution is 0.0729. The Balaban J connectivity index is 2.21. The van der Waals surface area contributed by atoms with Crippen LogP contribution in [0.15, 0.2) is 18.2 Å². The topological polar surface area (TPSA) is 20.3 Å². The number of carbonyl (C=O) groups excluding carboxylic acids is 1. The first-order valence-electron chi connectivity index (χ1n) is 5.82. The molecule has 1 saturated carbocycles. The summed E-state index contributed by atoms with van der Waals surface area (Å²) in [5, 5.41) is 0. The SMILES string of the molecule is CN(C(=O)c1cccc(F)c1F)C1CCCC1. The van der Waals surface area contributed by atoms with Gasteiger partial charge in [0.25, 0.3) is 5.91 Å². The van der Waals surface area contributed by atoms with Crippen molar-refractivity contribution in [3.05, 3.63) is 35.4 Å². The van der Waals surface area contributed by atoms with E-state index in [9.17, 15) is 13.6 Å². The summed E-state index contributed by atoms with van der Waals surface area (Å²) in [6.45, 7) is 0. The van der Waals surface area contributed by atoms with Gasteiger partial charge >= 0.3 is 0 Å². The zero-order valence-corrected chi connectivity index (χ0v) is 9.75. The van der Waals surface area contributed by atoms with Gasteiger partial charge in [0.1, 0.15) is 0 Å². The number of hydrogen-bond acceptors (Lipinski definition) is 1. The molecule has 1 aromatic carbocycles. The van der Waals surface area contributed by atoms with Gasteiger partial charge < -0.3 is 4.90 Å². The molecule has 2 nitrogen and oxygen atoms in total. The van der Waals surface area contributed by atoms with Crippen LogP contribution < -0.4 is 0 Å². The Bertz CT molecular complexity index is 427. The Hall–Kier alpha value is -1.45. The molecular formula is C13H15F2NO. The van der Waals surface area contributed by atoms with Crippen molar-refractivity contribution in [2.24, 2.45) is 0 Å². The first-order chi connectivity index (χ1) is 8.11. The molecule has 17 heavy (non-hydrogen) atoms. The van der Waals surface area contributed by atoms with Crippen molar-refractivity contribution < 1.29 is 13.6 Å². The fraction of sp³-hybridized carbons (Fsp3) is 0.462. The van der Waals surface area contributed by atoms with Crippen molar-refractivity contribution in [1.29, 1.82) is 0 Å². The van der Waals surface area contributed by atoms with Crippen LogP contribution in [0.2, 0.25) is 0 Å². The van der Waals surface area contributed by atoms with Crippen LogP contribution >= 0.6 is 0 Å². The number of carbonyl (C=O) groups is 1. The highest BCUT2D eigenvalue weighted by Crippen LogP contribution is 2.24. The highest BCUT2D eigenvalue weighted by atomic mass is 19.2. The van der Waals surface area contributed by atoms with Crippen LogP contribution in [0, 0.1) is 11.6 Å². The van der Waals surface area contributed by atoms with Gasteiger partial charge in [0.15, 0.2) is 11.6 Å². The van der Waals surface area contributed by atoms with E-state index in [0.29, 0.717) is 0 Å². The van der Waals surface area contributed by atoms with Gasteiger partial charge in [-0.05, 0) is 25.0 Å². The smallest absolute Gasteiger partial charge is 0.256 e. The van der Waals surface area contributed by atoms with E-state index in [1.165, 1.54) is 17.0 Å². The number of nitrogens with zero attached hydrogens (tertiary/aromatic N) is 1. The molecule has 0 N–H and O–H groups in total. The lowest BCUT2D eigenvalue weighted by Crippen LogP contribution is -2.35. The average Bonchev–Trinajstić information content (AvgIpc) is 2.84. The second kappa shape index (κ2) is 4.82. The van der Waals surface area contributed by atoms with Crippen LogP contribution in [0.3, 0.4) is 0 Å². The molecule has 92 valence electrons. The van der Waals surface area contributed by atoms with Crippen molar-refractivity contribution in [3.63, 3.8) is 0 Å². The summed E-state index contributed by atoms with van der Waals surface area (Å²) in [5.41, 5.74) is -0.181. The molecule has 0 bridgehead atoms. The quantitative estimate of drug-likeness (QED) is 0.777. The molecule has 1 fully saturated rings. The highest BCUT2D eigenvalue weighted by Gasteiger charge is 2.26. The van der Waals surface area contributed by atoms with Crippen molar-refractivity contribution in [3.8, 4) is 0 Å². The monoisotopic (exact) mass is 239 g/mol. The summed E-state index contributed by atoms with van der Waals surface area (Å²) in [4.78, 5) is 13.6. The molecule has 0 aromatic heterocycles. The van der Waals surface area contributed by atoms with Gasteiger partial charge in [-0.25, -0.2) is 8.78 Å². The molecule has 1 aromatic rings. The fourth-order valence-electron chi connectivity index (χ4n) is 2.32. The van der Waals surface area contributed by atoms with Gasteiger partial charge in [0.05, 0.1) is 5.56 Å². The van der Waals surface area contributed by atoms with Gasteiger partial charge in [-0.15, -0.1) is 0 Å². The standard InChI is InChI=1S/C13H15F2NO/c1-16(9-5-2-3-6-9)13(17)10-7-4-8-11(14)12(10)15/h4,7-9H,2-3,5-6H2,1H3. The highest BCUT2D eigenvalue weighted by molar-refractivity contribution is 5.94.